The Bertz CT molecular complexity index is 402. The average molecular weight is 276 g/mol. The predicted octanol–water partition coefficient (Wildman–Crippen LogP) is 2.43. The van der Waals surface area contributed by atoms with Crippen LogP contribution in [0.3, 0.4) is 0 Å². The van der Waals surface area contributed by atoms with Gasteiger partial charge in [0.15, 0.2) is 0 Å². The molecular formula is C16H28N4. The maximum atomic E-state index is 4.39. The lowest BCUT2D eigenvalue weighted by Crippen LogP contribution is -2.31. The van der Waals surface area contributed by atoms with Gasteiger partial charge in [-0.05, 0) is 51.2 Å². The molecule has 3 heterocycles. The lowest BCUT2D eigenvalue weighted by atomic mass is 10.0. The van der Waals surface area contributed by atoms with E-state index in [1.165, 1.54) is 57.4 Å². The average Bonchev–Trinajstić information content (AvgIpc) is 3.11. The Labute approximate surface area is 122 Å². The normalized spacial score (nSPS) is 25.9. The molecule has 2 aliphatic heterocycles. The van der Waals surface area contributed by atoms with Crippen molar-refractivity contribution in [2.45, 2.75) is 51.6 Å². The molecule has 0 bridgehead atoms. The van der Waals surface area contributed by atoms with Crippen LogP contribution < -0.4 is 5.32 Å². The maximum Gasteiger partial charge on any atom is 0.0948 e. The number of piperidine rings is 1. The molecule has 2 unspecified atom stereocenters. The second-order valence-corrected chi connectivity index (χ2v) is 6.59. The summed E-state index contributed by atoms with van der Waals surface area (Å²) < 4.78 is 2.38. The highest BCUT2D eigenvalue weighted by molar-refractivity contribution is 5.06. The van der Waals surface area contributed by atoms with E-state index in [4.69, 9.17) is 0 Å². The second kappa shape index (κ2) is 6.72. The van der Waals surface area contributed by atoms with Gasteiger partial charge in [-0.1, -0.05) is 13.3 Å². The molecule has 2 atom stereocenters. The van der Waals surface area contributed by atoms with Gasteiger partial charge in [-0.3, -0.25) is 0 Å². The van der Waals surface area contributed by atoms with E-state index < -0.39 is 0 Å². The quantitative estimate of drug-likeness (QED) is 0.896. The molecular weight excluding hydrogens is 248 g/mol. The topological polar surface area (TPSA) is 33.1 Å². The summed E-state index contributed by atoms with van der Waals surface area (Å²) in [6.45, 7) is 8.45. The van der Waals surface area contributed by atoms with Crippen LogP contribution in [-0.2, 0) is 6.54 Å². The molecule has 0 spiro atoms. The van der Waals surface area contributed by atoms with Crippen molar-refractivity contribution in [1.82, 2.24) is 19.8 Å². The monoisotopic (exact) mass is 276 g/mol. The van der Waals surface area contributed by atoms with Gasteiger partial charge in [-0.2, -0.15) is 0 Å². The zero-order chi connectivity index (χ0) is 13.8. The van der Waals surface area contributed by atoms with E-state index in [1.54, 1.807) is 0 Å². The third kappa shape index (κ3) is 3.41. The molecule has 20 heavy (non-hydrogen) atoms. The molecule has 4 nitrogen and oxygen atoms in total. The molecule has 1 N–H and O–H groups in total. The first kappa shape index (κ1) is 14.1. The maximum absolute atomic E-state index is 4.39. The van der Waals surface area contributed by atoms with Crippen LogP contribution >= 0.6 is 0 Å². The minimum atomic E-state index is 0.519. The molecule has 112 valence electrons. The Hall–Kier alpha value is -0.870. The smallest absolute Gasteiger partial charge is 0.0948 e. The summed E-state index contributed by atoms with van der Waals surface area (Å²) in [6.07, 6.45) is 10.8. The molecule has 0 aromatic carbocycles. The number of likely N-dealkylation sites (tertiary alicyclic amines) is 1. The van der Waals surface area contributed by atoms with Crippen molar-refractivity contribution in [3.8, 4) is 0 Å². The molecule has 1 aromatic heterocycles. The molecule has 2 aliphatic rings. The summed E-state index contributed by atoms with van der Waals surface area (Å²) in [4.78, 5) is 7.00. The SMILES string of the molecule is CC(CN1CCCC1)Cn1cncc1C1CCCCN1. The zero-order valence-corrected chi connectivity index (χ0v) is 12.7. The molecule has 3 rings (SSSR count). The zero-order valence-electron chi connectivity index (χ0n) is 12.7. The van der Waals surface area contributed by atoms with Crippen LogP contribution in [0.4, 0.5) is 0 Å². The largest absolute Gasteiger partial charge is 0.333 e. The van der Waals surface area contributed by atoms with Gasteiger partial charge in [0.2, 0.25) is 0 Å². The molecule has 0 saturated carbocycles. The Balaban J connectivity index is 1.57. The number of aromatic nitrogens is 2. The Morgan fingerprint density at radius 1 is 1.25 bits per heavy atom. The summed E-state index contributed by atoms with van der Waals surface area (Å²) in [5.41, 5.74) is 1.39. The summed E-state index contributed by atoms with van der Waals surface area (Å²) in [5.74, 6) is 0.699. The van der Waals surface area contributed by atoms with Gasteiger partial charge in [0.25, 0.3) is 0 Å². The van der Waals surface area contributed by atoms with Crippen molar-refractivity contribution in [3.05, 3.63) is 18.2 Å². The van der Waals surface area contributed by atoms with Crippen LogP contribution in [0.1, 0.15) is 50.8 Å². The number of imidazole rings is 1. The third-order valence-corrected chi connectivity index (χ3v) is 4.69. The van der Waals surface area contributed by atoms with Crippen molar-refractivity contribution in [1.29, 1.82) is 0 Å². The minimum Gasteiger partial charge on any atom is -0.333 e. The molecule has 2 saturated heterocycles. The van der Waals surface area contributed by atoms with Crippen LogP contribution in [-0.4, -0.2) is 40.6 Å². The minimum absolute atomic E-state index is 0.519. The van der Waals surface area contributed by atoms with E-state index in [9.17, 15) is 0 Å². The summed E-state index contributed by atoms with van der Waals surface area (Å²) in [6, 6.07) is 0.519. The number of nitrogens with zero attached hydrogens (tertiary/aromatic N) is 3. The highest BCUT2D eigenvalue weighted by Gasteiger charge is 2.20. The Kier molecular flexibility index (Phi) is 4.73. The van der Waals surface area contributed by atoms with Crippen LogP contribution in [0.15, 0.2) is 12.5 Å². The van der Waals surface area contributed by atoms with E-state index in [0.717, 1.165) is 13.1 Å². The predicted molar refractivity (Wildman–Crippen MR) is 81.7 cm³/mol. The third-order valence-electron chi connectivity index (χ3n) is 4.69. The fourth-order valence-electron chi connectivity index (χ4n) is 3.68. The molecule has 0 radical (unpaired) electrons. The summed E-state index contributed by atoms with van der Waals surface area (Å²) in [7, 11) is 0. The second-order valence-electron chi connectivity index (χ2n) is 6.59. The van der Waals surface area contributed by atoms with Crippen molar-refractivity contribution >= 4 is 0 Å². The van der Waals surface area contributed by atoms with Crippen LogP contribution in [0, 0.1) is 5.92 Å². The highest BCUT2D eigenvalue weighted by atomic mass is 15.1. The van der Waals surface area contributed by atoms with Crippen molar-refractivity contribution in [2.24, 2.45) is 5.92 Å². The fraction of sp³-hybridized carbons (Fsp3) is 0.812. The highest BCUT2D eigenvalue weighted by Crippen LogP contribution is 2.23. The van der Waals surface area contributed by atoms with Gasteiger partial charge in [0.05, 0.1) is 12.0 Å². The number of rotatable bonds is 5. The number of hydrogen-bond donors (Lipinski definition) is 1. The van der Waals surface area contributed by atoms with Gasteiger partial charge in [0.1, 0.15) is 0 Å². The number of hydrogen-bond acceptors (Lipinski definition) is 3. The van der Waals surface area contributed by atoms with Crippen molar-refractivity contribution in [2.75, 3.05) is 26.2 Å². The van der Waals surface area contributed by atoms with E-state index >= 15 is 0 Å². The fourth-order valence-corrected chi connectivity index (χ4v) is 3.68. The lowest BCUT2D eigenvalue weighted by molar-refractivity contribution is 0.268. The van der Waals surface area contributed by atoms with Crippen LogP contribution in [0.25, 0.3) is 0 Å². The van der Waals surface area contributed by atoms with Gasteiger partial charge in [-0.15, -0.1) is 0 Å². The first-order valence-corrected chi connectivity index (χ1v) is 8.28. The van der Waals surface area contributed by atoms with Crippen LogP contribution in [0.5, 0.6) is 0 Å². The van der Waals surface area contributed by atoms with E-state index in [0.29, 0.717) is 12.0 Å². The number of nitrogens with one attached hydrogen (secondary N) is 1. The van der Waals surface area contributed by atoms with Crippen molar-refractivity contribution < 1.29 is 0 Å². The van der Waals surface area contributed by atoms with Gasteiger partial charge < -0.3 is 14.8 Å². The van der Waals surface area contributed by atoms with E-state index in [1.807, 2.05) is 6.33 Å². The molecule has 2 fully saturated rings. The first-order chi connectivity index (χ1) is 9.83. The van der Waals surface area contributed by atoms with Gasteiger partial charge in [-0.25, -0.2) is 4.98 Å². The Morgan fingerprint density at radius 3 is 2.85 bits per heavy atom. The molecule has 4 heteroatoms. The van der Waals surface area contributed by atoms with Gasteiger partial charge in [0, 0.05) is 25.3 Å². The van der Waals surface area contributed by atoms with E-state index in [-0.39, 0.29) is 0 Å². The molecule has 1 aromatic rings. The molecule has 0 aliphatic carbocycles. The Morgan fingerprint density at radius 2 is 2.10 bits per heavy atom. The molecule has 0 amide bonds. The summed E-state index contributed by atoms with van der Waals surface area (Å²) in [5, 5.41) is 3.64. The first-order valence-electron chi connectivity index (χ1n) is 8.28. The summed E-state index contributed by atoms with van der Waals surface area (Å²) >= 11 is 0. The lowest BCUT2D eigenvalue weighted by Gasteiger charge is -2.26. The van der Waals surface area contributed by atoms with Gasteiger partial charge >= 0.3 is 0 Å². The standard InChI is InChI=1S/C16H28N4/c1-14(11-19-8-4-5-9-19)12-20-13-17-10-16(20)15-6-2-3-7-18-15/h10,13-15,18H,2-9,11-12H2,1H3. The van der Waals surface area contributed by atoms with Crippen molar-refractivity contribution in [3.63, 3.8) is 0 Å². The van der Waals surface area contributed by atoms with Crippen LogP contribution in [0.2, 0.25) is 0 Å². The van der Waals surface area contributed by atoms with E-state index in [2.05, 4.69) is 32.9 Å².